The Morgan fingerprint density at radius 2 is 2.25 bits per heavy atom. The largest absolute Gasteiger partial charge is 0.387 e. The van der Waals surface area contributed by atoms with E-state index in [0.717, 1.165) is 19.3 Å². The van der Waals surface area contributed by atoms with Crippen molar-refractivity contribution in [1.29, 1.82) is 0 Å². The van der Waals surface area contributed by atoms with Gasteiger partial charge >= 0.3 is 5.69 Å². The topological polar surface area (TPSA) is 103 Å². The van der Waals surface area contributed by atoms with Gasteiger partial charge in [0.25, 0.3) is 5.56 Å². The summed E-state index contributed by atoms with van der Waals surface area (Å²) in [5.74, 6) is 0. The van der Waals surface area contributed by atoms with Crippen molar-refractivity contribution in [1.82, 2.24) is 9.55 Å². The summed E-state index contributed by atoms with van der Waals surface area (Å²) in [5, 5.41) is 10.7. The van der Waals surface area contributed by atoms with Gasteiger partial charge in [0.15, 0.2) is 12.5 Å². The summed E-state index contributed by atoms with van der Waals surface area (Å²) in [6.07, 6.45) is 1.94. The average molecular weight is 340 g/mol. The highest BCUT2D eigenvalue weighted by Crippen LogP contribution is 2.42. The predicted molar refractivity (Wildman–Crippen MR) is 84.6 cm³/mol. The molecule has 0 aromatic carbocycles. The van der Waals surface area contributed by atoms with Gasteiger partial charge in [0.1, 0.15) is 11.7 Å². The van der Waals surface area contributed by atoms with E-state index in [4.69, 9.17) is 14.2 Å². The summed E-state index contributed by atoms with van der Waals surface area (Å²) in [6, 6.07) is 1.24. The zero-order chi connectivity index (χ0) is 17.3. The van der Waals surface area contributed by atoms with E-state index in [9.17, 15) is 14.7 Å². The lowest BCUT2D eigenvalue weighted by atomic mass is 9.94. The van der Waals surface area contributed by atoms with Crippen molar-refractivity contribution >= 4 is 0 Å². The van der Waals surface area contributed by atoms with E-state index < -0.39 is 41.6 Å². The van der Waals surface area contributed by atoms with E-state index in [0.29, 0.717) is 13.0 Å². The molecule has 24 heavy (non-hydrogen) atoms. The van der Waals surface area contributed by atoms with Gasteiger partial charge in [-0.2, -0.15) is 0 Å². The molecule has 2 N–H and O–H groups in total. The first-order valence-electron chi connectivity index (χ1n) is 8.40. The number of nitrogens with zero attached hydrogens (tertiary/aromatic N) is 1. The summed E-state index contributed by atoms with van der Waals surface area (Å²) < 4.78 is 18.9. The minimum Gasteiger partial charge on any atom is -0.387 e. The third-order valence-corrected chi connectivity index (χ3v) is 4.76. The van der Waals surface area contributed by atoms with Crippen LogP contribution in [0.15, 0.2) is 21.9 Å². The zero-order valence-corrected chi connectivity index (χ0v) is 13.9. The lowest BCUT2D eigenvalue weighted by molar-refractivity contribution is -0.257. The molecule has 8 heteroatoms. The fourth-order valence-electron chi connectivity index (χ4n) is 3.38. The third-order valence-electron chi connectivity index (χ3n) is 4.76. The van der Waals surface area contributed by atoms with Crippen molar-refractivity contribution in [3.63, 3.8) is 0 Å². The van der Waals surface area contributed by atoms with E-state index in [1.807, 2.05) is 6.92 Å². The third kappa shape index (κ3) is 3.06. The summed E-state index contributed by atoms with van der Waals surface area (Å²) in [5.41, 5.74) is -2.25. The molecule has 0 amide bonds. The molecule has 3 rings (SSSR count). The minimum absolute atomic E-state index is 0.446. The monoisotopic (exact) mass is 340 g/mol. The van der Waals surface area contributed by atoms with E-state index >= 15 is 0 Å². The lowest BCUT2D eigenvalue weighted by Gasteiger charge is -2.37. The van der Waals surface area contributed by atoms with Gasteiger partial charge in [0, 0.05) is 18.9 Å². The van der Waals surface area contributed by atoms with Crippen LogP contribution in [0, 0.1) is 0 Å². The summed E-state index contributed by atoms with van der Waals surface area (Å²) in [7, 11) is 0. The molecule has 134 valence electrons. The van der Waals surface area contributed by atoms with Gasteiger partial charge < -0.3 is 19.3 Å². The number of aromatic nitrogens is 2. The first-order chi connectivity index (χ1) is 11.5. The number of hydrogen-bond acceptors (Lipinski definition) is 6. The van der Waals surface area contributed by atoms with E-state index in [1.54, 1.807) is 6.92 Å². The Morgan fingerprint density at radius 1 is 1.46 bits per heavy atom. The van der Waals surface area contributed by atoms with E-state index in [-0.39, 0.29) is 0 Å². The highest BCUT2D eigenvalue weighted by molar-refractivity contribution is 5.02. The van der Waals surface area contributed by atoms with Crippen LogP contribution < -0.4 is 11.2 Å². The highest BCUT2D eigenvalue weighted by Gasteiger charge is 2.56. The van der Waals surface area contributed by atoms with Crippen LogP contribution in [-0.4, -0.2) is 45.4 Å². The maximum absolute atomic E-state index is 12.2. The van der Waals surface area contributed by atoms with Crippen molar-refractivity contribution in [3.05, 3.63) is 33.1 Å². The second-order valence-electron chi connectivity index (χ2n) is 6.50. The van der Waals surface area contributed by atoms with E-state index in [1.165, 1.54) is 16.8 Å². The van der Waals surface area contributed by atoms with Gasteiger partial charge in [0.05, 0.1) is 6.10 Å². The Balaban J connectivity index is 1.94. The highest BCUT2D eigenvalue weighted by atomic mass is 16.7. The molecule has 1 aromatic heterocycles. The fraction of sp³-hybridized carbons (Fsp3) is 0.750. The summed E-state index contributed by atoms with van der Waals surface area (Å²) >= 11 is 0. The zero-order valence-electron chi connectivity index (χ0n) is 13.9. The van der Waals surface area contributed by atoms with Crippen LogP contribution in [0.4, 0.5) is 0 Å². The molecule has 0 aliphatic carbocycles. The molecule has 2 fully saturated rings. The Hall–Kier alpha value is -1.48. The molecule has 2 saturated heterocycles. The van der Waals surface area contributed by atoms with Gasteiger partial charge in [-0.05, 0) is 32.6 Å². The van der Waals surface area contributed by atoms with Crippen molar-refractivity contribution in [2.45, 2.75) is 69.9 Å². The maximum atomic E-state index is 12.2. The fourth-order valence-corrected chi connectivity index (χ4v) is 3.38. The molecule has 2 aliphatic rings. The van der Waals surface area contributed by atoms with Crippen molar-refractivity contribution in [2.24, 2.45) is 0 Å². The molecule has 8 nitrogen and oxygen atoms in total. The van der Waals surface area contributed by atoms with E-state index in [2.05, 4.69) is 4.98 Å². The van der Waals surface area contributed by atoms with Gasteiger partial charge in [-0.15, -0.1) is 0 Å². The van der Waals surface area contributed by atoms with Crippen LogP contribution in [0.1, 0.15) is 45.8 Å². The van der Waals surface area contributed by atoms with Crippen molar-refractivity contribution in [2.75, 3.05) is 6.61 Å². The normalized spacial score (nSPS) is 36.8. The molecule has 1 unspecified atom stereocenters. The Morgan fingerprint density at radius 3 is 2.88 bits per heavy atom. The first kappa shape index (κ1) is 17.3. The molecular weight excluding hydrogens is 316 g/mol. The van der Waals surface area contributed by atoms with Gasteiger partial charge in [0.2, 0.25) is 0 Å². The second-order valence-corrected chi connectivity index (χ2v) is 6.50. The number of H-pyrrole nitrogens is 1. The smallest absolute Gasteiger partial charge is 0.330 e. The Labute approximate surface area is 139 Å². The Bertz CT molecular complexity index is 680. The minimum atomic E-state index is -1.16. The molecule has 0 bridgehead atoms. The van der Waals surface area contributed by atoms with Crippen LogP contribution in [0.25, 0.3) is 0 Å². The maximum Gasteiger partial charge on any atom is 0.330 e. The predicted octanol–water partition coefficient (Wildman–Crippen LogP) is 0.507. The molecule has 0 radical (unpaired) electrons. The molecule has 5 atom stereocenters. The first-order valence-corrected chi connectivity index (χ1v) is 8.40. The SMILES string of the molecule is CC[C@H]1O[C@@H](n2ccc(=O)[nH]c2=O)[C@](C)(OC2CCCCO2)[C@@H]1O. The van der Waals surface area contributed by atoms with Crippen molar-refractivity contribution < 1.29 is 19.3 Å². The standard InChI is InChI=1S/C16H24N2O6/c1-3-10-13(20)16(2,24-12-6-4-5-9-22-12)14(23-10)18-8-7-11(19)17-15(18)21/h7-8,10,12-14,20H,3-6,9H2,1-2H3,(H,17,19,21)/t10-,12?,13-,14-,16-/m1/s1. The number of hydrogen-bond donors (Lipinski definition) is 2. The number of ether oxygens (including phenoxy) is 3. The number of nitrogens with one attached hydrogen (secondary N) is 1. The molecule has 0 saturated carbocycles. The van der Waals surface area contributed by atoms with Gasteiger partial charge in [-0.3, -0.25) is 14.3 Å². The molecule has 1 aromatic rings. The molecular formula is C16H24N2O6. The molecule has 0 spiro atoms. The number of rotatable bonds is 4. The molecule has 2 aliphatic heterocycles. The number of aliphatic hydroxyl groups is 1. The van der Waals surface area contributed by atoms with Crippen LogP contribution in [0.3, 0.4) is 0 Å². The number of aromatic amines is 1. The average Bonchev–Trinajstić information content (AvgIpc) is 2.80. The van der Waals surface area contributed by atoms with Crippen molar-refractivity contribution in [3.8, 4) is 0 Å². The Kier molecular flexibility index (Phi) is 4.91. The van der Waals surface area contributed by atoms with Crippen LogP contribution in [0.2, 0.25) is 0 Å². The van der Waals surface area contributed by atoms with Crippen LogP contribution in [-0.2, 0) is 14.2 Å². The lowest BCUT2D eigenvalue weighted by Crippen LogP contribution is -2.51. The quantitative estimate of drug-likeness (QED) is 0.828. The van der Waals surface area contributed by atoms with Gasteiger partial charge in [-0.1, -0.05) is 6.92 Å². The second kappa shape index (κ2) is 6.79. The number of aliphatic hydroxyl groups excluding tert-OH is 1. The van der Waals surface area contributed by atoms with Crippen LogP contribution in [0.5, 0.6) is 0 Å². The summed E-state index contributed by atoms with van der Waals surface area (Å²) in [6.45, 7) is 4.22. The van der Waals surface area contributed by atoms with Gasteiger partial charge in [-0.25, -0.2) is 4.79 Å². The molecule has 3 heterocycles. The summed E-state index contributed by atoms with van der Waals surface area (Å²) in [4.78, 5) is 25.7. The van der Waals surface area contributed by atoms with Crippen LogP contribution >= 0.6 is 0 Å².